The molecule has 4 nitrogen and oxygen atoms in total. The highest BCUT2D eigenvalue weighted by Gasteiger charge is 2.16. The van der Waals surface area contributed by atoms with Crippen molar-refractivity contribution in [3.05, 3.63) is 35.4 Å². The van der Waals surface area contributed by atoms with Crippen molar-refractivity contribution in [1.29, 1.82) is 0 Å². The summed E-state index contributed by atoms with van der Waals surface area (Å²) in [5.41, 5.74) is -0.652. The lowest BCUT2D eigenvalue weighted by atomic mass is 10.0. The minimum Gasteiger partial charge on any atom is -0.444 e. The van der Waals surface area contributed by atoms with Crippen LogP contribution in [0.15, 0.2) is 18.2 Å². The van der Waals surface area contributed by atoms with E-state index < -0.39 is 29.4 Å². The third kappa shape index (κ3) is 6.53. The minimum absolute atomic E-state index is 0.0766. The number of hydrogen-bond acceptors (Lipinski definition) is 3. The van der Waals surface area contributed by atoms with Crippen LogP contribution in [-0.4, -0.2) is 23.3 Å². The van der Waals surface area contributed by atoms with E-state index in [0.29, 0.717) is 6.42 Å². The number of carbonyl (C=O) groups is 1. The van der Waals surface area contributed by atoms with Gasteiger partial charge >= 0.3 is 6.09 Å². The zero-order valence-electron chi connectivity index (χ0n) is 12.5. The summed E-state index contributed by atoms with van der Waals surface area (Å²) in [6, 6.07) is 2.95. The number of aliphatic hydroxyl groups excluding tert-OH is 1. The first-order chi connectivity index (χ1) is 9.69. The number of aliphatic hydroxyl groups is 1. The Morgan fingerprint density at radius 2 is 2.05 bits per heavy atom. The summed E-state index contributed by atoms with van der Waals surface area (Å²) in [7, 11) is 0. The Kier molecular flexibility index (Phi) is 6.08. The van der Waals surface area contributed by atoms with Crippen molar-refractivity contribution in [2.45, 2.75) is 45.3 Å². The van der Waals surface area contributed by atoms with E-state index in [1.54, 1.807) is 20.8 Å². The minimum atomic E-state index is -1.11. The SMILES string of the molecule is CC(C)(C)OC(=O)NCCC[C@@H](O)c1cc(F)ccc1F. The van der Waals surface area contributed by atoms with Crippen molar-refractivity contribution in [2.75, 3.05) is 6.54 Å². The van der Waals surface area contributed by atoms with Crippen molar-refractivity contribution >= 4 is 6.09 Å². The Labute approximate surface area is 123 Å². The quantitative estimate of drug-likeness (QED) is 0.820. The number of rotatable bonds is 5. The van der Waals surface area contributed by atoms with Crippen LogP contribution in [0, 0.1) is 11.6 Å². The number of carbonyl (C=O) groups excluding carboxylic acids is 1. The molecule has 118 valence electrons. The van der Waals surface area contributed by atoms with Crippen LogP contribution in [0.1, 0.15) is 45.3 Å². The molecule has 0 aliphatic rings. The maximum absolute atomic E-state index is 13.4. The summed E-state index contributed by atoms with van der Waals surface area (Å²) in [5.74, 6) is -1.25. The summed E-state index contributed by atoms with van der Waals surface area (Å²) in [4.78, 5) is 11.4. The van der Waals surface area contributed by atoms with Gasteiger partial charge in [0.1, 0.15) is 17.2 Å². The fourth-order valence-electron chi connectivity index (χ4n) is 1.73. The summed E-state index contributed by atoms with van der Waals surface area (Å²) in [6.07, 6.45) is -1.04. The molecular formula is C15H21F2NO3. The van der Waals surface area contributed by atoms with Crippen LogP contribution >= 0.6 is 0 Å². The molecule has 1 atom stereocenters. The van der Waals surface area contributed by atoms with Gasteiger partial charge in [0.25, 0.3) is 0 Å². The third-order valence-electron chi connectivity index (χ3n) is 2.64. The van der Waals surface area contributed by atoms with Crippen LogP contribution in [0.5, 0.6) is 0 Å². The van der Waals surface area contributed by atoms with E-state index in [2.05, 4.69) is 5.32 Å². The molecule has 0 aliphatic carbocycles. The fraction of sp³-hybridized carbons (Fsp3) is 0.533. The molecule has 6 heteroatoms. The third-order valence-corrected chi connectivity index (χ3v) is 2.64. The van der Waals surface area contributed by atoms with E-state index in [4.69, 9.17) is 4.74 Å². The van der Waals surface area contributed by atoms with Crippen LogP contribution < -0.4 is 5.32 Å². The van der Waals surface area contributed by atoms with Gasteiger partial charge in [0.2, 0.25) is 0 Å². The summed E-state index contributed by atoms with van der Waals surface area (Å²) in [6.45, 7) is 5.54. The molecule has 1 amide bonds. The average Bonchev–Trinajstić information content (AvgIpc) is 2.35. The van der Waals surface area contributed by atoms with Gasteiger partial charge in [-0.1, -0.05) is 0 Å². The lowest BCUT2D eigenvalue weighted by molar-refractivity contribution is 0.0523. The molecule has 2 N–H and O–H groups in total. The van der Waals surface area contributed by atoms with Crippen LogP contribution in [0.2, 0.25) is 0 Å². The van der Waals surface area contributed by atoms with Crippen LogP contribution in [0.4, 0.5) is 13.6 Å². The van der Waals surface area contributed by atoms with Crippen LogP contribution in [-0.2, 0) is 4.74 Å². The Morgan fingerprint density at radius 3 is 2.67 bits per heavy atom. The van der Waals surface area contributed by atoms with Gasteiger partial charge in [-0.2, -0.15) is 0 Å². The molecule has 1 rings (SSSR count). The number of nitrogens with one attached hydrogen (secondary N) is 1. The van der Waals surface area contributed by atoms with E-state index in [9.17, 15) is 18.7 Å². The zero-order chi connectivity index (χ0) is 16.0. The smallest absolute Gasteiger partial charge is 0.407 e. The van der Waals surface area contributed by atoms with Crippen molar-refractivity contribution in [2.24, 2.45) is 0 Å². The molecule has 0 bridgehead atoms. The topological polar surface area (TPSA) is 58.6 Å². The second kappa shape index (κ2) is 7.36. The highest BCUT2D eigenvalue weighted by molar-refractivity contribution is 5.67. The van der Waals surface area contributed by atoms with Crippen LogP contribution in [0.25, 0.3) is 0 Å². The molecule has 21 heavy (non-hydrogen) atoms. The Balaban J connectivity index is 2.36. The average molecular weight is 301 g/mol. The highest BCUT2D eigenvalue weighted by Crippen LogP contribution is 2.22. The number of benzene rings is 1. The number of hydrogen-bond donors (Lipinski definition) is 2. The van der Waals surface area contributed by atoms with Gasteiger partial charge in [-0.3, -0.25) is 0 Å². The molecule has 0 saturated heterocycles. The van der Waals surface area contributed by atoms with Gasteiger partial charge < -0.3 is 15.2 Å². The van der Waals surface area contributed by atoms with E-state index in [0.717, 1.165) is 18.2 Å². The lowest BCUT2D eigenvalue weighted by Crippen LogP contribution is -2.33. The van der Waals surface area contributed by atoms with Gasteiger partial charge in [-0.15, -0.1) is 0 Å². The van der Waals surface area contributed by atoms with E-state index in [1.165, 1.54) is 0 Å². The molecule has 0 saturated carbocycles. The molecule has 1 aromatic rings. The molecular weight excluding hydrogens is 280 g/mol. The summed E-state index contributed by atoms with van der Waals surface area (Å²) in [5, 5.41) is 12.4. The van der Waals surface area contributed by atoms with E-state index in [-0.39, 0.29) is 18.5 Å². The Bertz CT molecular complexity index is 486. The molecule has 1 aromatic carbocycles. The molecule has 0 unspecified atom stereocenters. The predicted molar refractivity (Wildman–Crippen MR) is 74.8 cm³/mol. The Hall–Kier alpha value is -1.69. The van der Waals surface area contributed by atoms with Gasteiger partial charge in [-0.05, 0) is 51.8 Å². The standard InChI is InChI=1S/C15H21F2NO3/c1-15(2,3)21-14(20)18-8-4-5-13(19)11-9-10(16)6-7-12(11)17/h6-7,9,13,19H,4-5,8H2,1-3H3,(H,18,20)/t13-/m1/s1. The predicted octanol–water partition coefficient (Wildman–Crippen LogP) is 3.30. The second-order valence-electron chi connectivity index (χ2n) is 5.75. The van der Waals surface area contributed by atoms with Gasteiger partial charge in [-0.25, -0.2) is 13.6 Å². The monoisotopic (exact) mass is 301 g/mol. The molecule has 0 fully saturated rings. The van der Waals surface area contributed by atoms with Crippen molar-refractivity contribution in [3.8, 4) is 0 Å². The second-order valence-corrected chi connectivity index (χ2v) is 5.75. The highest BCUT2D eigenvalue weighted by atomic mass is 19.1. The number of alkyl carbamates (subject to hydrolysis) is 1. The summed E-state index contributed by atoms with van der Waals surface area (Å²) < 4.78 is 31.5. The molecule has 0 spiro atoms. The fourth-order valence-corrected chi connectivity index (χ4v) is 1.73. The first kappa shape index (κ1) is 17.4. The number of halogens is 2. The lowest BCUT2D eigenvalue weighted by Gasteiger charge is -2.19. The normalized spacial score (nSPS) is 12.9. The van der Waals surface area contributed by atoms with E-state index >= 15 is 0 Å². The maximum Gasteiger partial charge on any atom is 0.407 e. The van der Waals surface area contributed by atoms with Crippen molar-refractivity contribution in [3.63, 3.8) is 0 Å². The first-order valence-corrected chi connectivity index (χ1v) is 6.79. The zero-order valence-corrected chi connectivity index (χ0v) is 12.5. The van der Waals surface area contributed by atoms with Crippen LogP contribution in [0.3, 0.4) is 0 Å². The van der Waals surface area contributed by atoms with E-state index in [1.807, 2.05) is 0 Å². The number of ether oxygens (including phenoxy) is 1. The van der Waals surface area contributed by atoms with Gasteiger partial charge in [0.05, 0.1) is 6.10 Å². The van der Waals surface area contributed by atoms with Gasteiger partial charge in [0, 0.05) is 12.1 Å². The molecule has 0 heterocycles. The Morgan fingerprint density at radius 1 is 1.38 bits per heavy atom. The van der Waals surface area contributed by atoms with Crippen molar-refractivity contribution < 1.29 is 23.4 Å². The number of amides is 1. The molecule has 0 aromatic heterocycles. The molecule has 0 aliphatic heterocycles. The van der Waals surface area contributed by atoms with Crippen molar-refractivity contribution in [1.82, 2.24) is 5.32 Å². The maximum atomic E-state index is 13.4. The van der Waals surface area contributed by atoms with Gasteiger partial charge in [0.15, 0.2) is 0 Å². The first-order valence-electron chi connectivity index (χ1n) is 6.79. The molecule has 0 radical (unpaired) electrons. The summed E-state index contributed by atoms with van der Waals surface area (Å²) >= 11 is 0. The largest absolute Gasteiger partial charge is 0.444 e.